The Morgan fingerprint density at radius 1 is 1.41 bits per heavy atom. The first kappa shape index (κ1) is 12.3. The number of nitrogens with zero attached hydrogens (tertiary/aromatic N) is 1. The number of carbonyl (C=O) groups is 2. The van der Waals surface area contributed by atoms with Crippen molar-refractivity contribution >= 4 is 21.8 Å². The van der Waals surface area contributed by atoms with Gasteiger partial charge < -0.3 is 10.2 Å². The maximum absolute atomic E-state index is 11.6. The van der Waals surface area contributed by atoms with Gasteiger partial charge in [0.15, 0.2) is 0 Å². The van der Waals surface area contributed by atoms with Crippen LogP contribution in [0.2, 0.25) is 0 Å². The van der Waals surface area contributed by atoms with Crippen LogP contribution in [0.1, 0.15) is 19.3 Å². The van der Waals surface area contributed by atoms with Crippen LogP contribution < -0.4 is 10.5 Å². The van der Waals surface area contributed by atoms with E-state index < -0.39 is 15.3 Å². The van der Waals surface area contributed by atoms with Gasteiger partial charge in [0.2, 0.25) is 21.8 Å². The molecule has 96 valence electrons. The molecule has 7 nitrogen and oxygen atoms in total. The largest absolute Gasteiger partial charge is 0.352 e. The van der Waals surface area contributed by atoms with Gasteiger partial charge in [-0.05, 0) is 6.42 Å². The number of primary sulfonamides is 1. The molecule has 0 spiro atoms. The Balaban J connectivity index is 1.95. The van der Waals surface area contributed by atoms with Crippen LogP contribution in [-0.4, -0.2) is 49.5 Å². The molecule has 2 saturated heterocycles. The molecule has 8 heteroatoms. The molecule has 2 fully saturated rings. The molecule has 0 radical (unpaired) electrons. The van der Waals surface area contributed by atoms with Gasteiger partial charge in [0.1, 0.15) is 5.25 Å². The van der Waals surface area contributed by atoms with E-state index in [2.05, 4.69) is 5.32 Å². The summed E-state index contributed by atoms with van der Waals surface area (Å²) >= 11 is 0. The van der Waals surface area contributed by atoms with E-state index >= 15 is 0 Å². The molecule has 0 aromatic carbocycles. The van der Waals surface area contributed by atoms with Crippen LogP contribution >= 0.6 is 0 Å². The third-order valence-electron chi connectivity index (χ3n) is 3.17. The van der Waals surface area contributed by atoms with Gasteiger partial charge in [-0.3, -0.25) is 9.59 Å². The summed E-state index contributed by atoms with van der Waals surface area (Å²) in [5, 5.41) is 6.95. The highest BCUT2D eigenvalue weighted by Crippen LogP contribution is 2.18. The molecule has 2 rings (SSSR count). The summed E-state index contributed by atoms with van der Waals surface area (Å²) in [5.74, 6) is -0.241. The van der Waals surface area contributed by atoms with Crippen LogP contribution in [0, 0.1) is 0 Å². The van der Waals surface area contributed by atoms with Gasteiger partial charge in [0.25, 0.3) is 0 Å². The highest BCUT2D eigenvalue weighted by Gasteiger charge is 2.37. The molecule has 2 amide bonds. The molecule has 1 unspecified atom stereocenters. The molecule has 2 atom stereocenters. The number of nitrogens with two attached hydrogens (primary N) is 1. The first-order valence-corrected chi connectivity index (χ1v) is 7.06. The van der Waals surface area contributed by atoms with Gasteiger partial charge in [-0.2, -0.15) is 0 Å². The number of amides is 2. The standard InChI is InChI=1S/C9H15N3O4S/c10-17(15,16)7-3-9(14)12(5-7)4-6-1-2-8(13)11-6/h6-7H,1-5H2,(H,11,13)(H2,10,15,16)/t6-,7?/m1/s1. The zero-order chi connectivity index (χ0) is 12.6. The molecule has 2 heterocycles. The van der Waals surface area contributed by atoms with Crippen LogP contribution in [-0.2, 0) is 19.6 Å². The Kier molecular flexibility index (Phi) is 3.09. The number of likely N-dealkylation sites (tertiary alicyclic amines) is 1. The lowest BCUT2D eigenvalue weighted by atomic mass is 10.2. The second-order valence-corrected chi connectivity index (χ2v) is 6.36. The second kappa shape index (κ2) is 4.26. The first-order valence-electron chi connectivity index (χ1n) is 5.45. The van der Waals surface area contributed by atoms with Gasteiger partial charge in [0.05, 0.1) is 0 Å². The average molecular weight is 261 g/mol. The molecule has 0 bridgehead atoms. The highest BCUT2D eigenvalue weighted by molar-refractivity contribution is 7.89. The fourth-order valence-corrected chi connectivity index (χ4v) is 2.98. The number of hydrogen-bond donors (Lipinski definition) is 2. The SMILES string of the molecule is NS(=O)(=O)C1CC(=O)N(C[C@H]2CCC(=O)N2)C1. The molecular formula is C9H15N3O4S. The van der Waals surface area contributed by atoms with Crippen molar-refractivity contribution < 1.29 is 18.0 Å². The minimum atomic E-state index is -3.66. The molecule has 0 saturated carbocycles. The monoisotopic (exact) mass is 261 g/mol. The van der Waals surface area contributed by atoms with Crippen molar-refractivity contribution in [1.82, 2.24) is 10.2 Å². The van der Waals surface area contributed by atoms with Crippen molar-refractivity contribution in [3.63, 3.8) is 0 Å². The Morgan fingerprint density at radius 2 is 2.12 bits per heavy atom. The predicted molar refractivity (Wildman–Crippen MR) is 59.3 cm³/mol. The van der Waals surface area contributed by atoms with E-state index in [0.717, 1.165) is 0 Å². The van der Waals surface area contributed by atoms with Crippen molar-refractivity contribution in [2.75, 3.05) is 13.1 Å². The van der Waals surface area contributed by atoms with Gasteiger partial charge in [-0.15, -0.1) is 0 Å². The number of nitrogens with one attached hydrogen (secondary N) is 1. The maximum atomic E-state index is 11.6. The van der Waals surface area contributed by atoms with E-state index in [-0.39, 0.29) is 30.8 Å². The Morgan fingerprint density at radius 3 is 2.59 bits per heavy atom. The van der Waals surface area contributed by atoms with Crippen molar-refractivity contribution in [2.45, 2.75) is 30.6 Å². The zero-order valence-electron chi connectivity index (χ0n) is 9.26. The van der Waals surface area contributed by atoms with E-state index in [1.807, 2.05) is 0 Å². The molecule has 0 aliphatic carbocycles. The smallest absolute Gasteiger partial charge is 0.224 e. The Bertz CT molecular complexity index is 447. The topological polar surface area (TPSA) is 110 Å². The van der Waals surface area contributed by atoms with Crippen LogP contribution in [0.3, 0.4) is 0 Å². The van der Waals surface area contributed by atoms with E-state index in [1.54, 1.807) is 0 Å². The van der Waals surface area contributed by atoms with Gasteiger partial charge in [-0.25, -0.2) is 13.6 Å². The molecule has 0 aromatic heterocycles. The summed E-state index contributed by atoms with van der Waals surface area (Å²) in [6.45, 7) is 0.501. The Hall–Kier alpha value is -1.15. The Labute approximate surface area is 99.4 Å². The molecule has 2 aliphatic rings. The summed E-state index contributed by atoms with van der Waals surface area (Å²) in [6.07, 6.45) is 1.09. The van der Waals surface area contributed by atoms with Crippen LogP contribution in [0.5, 0.6) is 0 Å². The molecular weight excluding hydrogens is 246 g/mol. The lowest BCUT2D eigenvalue weighted by Crippen LogP contribution is -2.40. The summed E-state index contributed by atoms with van der Waals surface area (Å²) in [4.78, 5) is 24.1. The fourth-order valence-electron chi connectivity index (χ4n) is 2.21. The number of hydrogen-bond acceptors (Lipinski definition) is 4. The highest BCUT2D eigenvalue weighted by atomic mass is 32.2. The van der Waals surface area contributed by atoms with Crippen LogP contribution in [0.4, 0.5) is 0 Å². The van der Waals surface area contributed by atoms with E-state index in [9.17, 15) is 18.0 Å². The van der Waals surface area contributed by atoms with Gasteiger partial charge in [0, 0.05) is 32.0 Å². The molecule has 0 aromatic rings. The summed E-state index contributed by atoms with van der Waals surface area (Å²) in [6, 6.07) is -0.0642. The zero-order valence-corrected chi connectivity index (χ0v) is 10.1. The van der Waals surface area contributed by atoms with Crippen molar-refractivity contribution in [3.05, 3.63) is 0 Å². The van der Waals surface area contributed by atoms with Gasteiger partial charge in [-0.1, -0.05) is 0 Å². The average Bonchev–Trinajstić information content (AvgIpc) is 2.74. The van der Waals surface area contributed by atoms with Crippen molar-refractivity contribution in [1.29, 1.82) is 0 Å². The molecule has 2 aliphatic heterocycles. The fraction of sp³-hybridized carbons (Fsp3) is 0.778. The van der Waals surface area contributed by atoms with Crippen molar-refractivity contribution in [3.8, 4) is 0 Å². The number of sulfonamides is 1. The van der Waals surface area contributed by atoms with Gasteiger partial charge >= 0.3 is 0 Å². The maximum Gasteiger partial charge on any atom is 0.224 e. The predicted octanol–water partition coefficient (Wildman–Crippen LogP) is -1.85. The van der Waals surface area contributed by atoms with Crippen LogP contribution in [0.25, 0.3) is 0 Å². The van der Waals surface area contributed by atoms with E-state index in [1.165, 1.54) is 4.90 Å². The van der Waals surface area contributed by atoms with E-state index in [0.29, 0.717) is 19.4 Å². The second-order valence-electron chi connectivity index (χ2n) is 4.52. The summed E-state index contributed by atoms with van der Waals surface area (Å²) < 4.78 is 22.3. The van der Waals surface area contributed by atoms with Crippen LogP contribution in [0.15, 0.2) is 0 Å². The van der Waals surface area contributed by atoms with E-state index in [4.69, 9.17) is 5.14 Å². The quantitative estimate of drug-likeness (QED) is 0.621. The minimum absolute atomic E-state index is 0.0235. The number of rotatable bonds is 3. The molecule has 17 heavy (non-hydrogen) atoms. The minimum Gasteiger partial charge on any atom is -0.352 e. The third kappa shape index (κ3) is 2.75. The third-order valence-corrected chi connectivity index (χ3v) is 4.41. The summed E-state index contributed by atoms with van der Waals surface area (Å²) in [7, 11) is -3.66. The number of carbonyl (C=O) groups excluding carboxylic acids is 2. The normalized spacial score (nSPS) is 29.8. The van der Waals surface area contributed by atoms with Crippen molar-refractivity contribution in [2.24, 2.45) is 5.14 Å². The lowest BCUT2D eigenvalue weighted by molar-refractivity contribution is -0.128. The lowest BCUT2D eigenvalue weighted by Gasteiger charge is -2.20. The first-order chi connectivity index (χ1) is 7.86. The summed E-state index contributed by atoms with van der Waals surface area (Å²) in [5.41, 5.74) is 0. The molecule has 3 N–H and O–H groups in total.